The lowest BCUT2D eigenvalue weighted by Gasteiger charge is -2.30. The van der Waals surface area contributed by atoms with Crippen molar-refractivity contribution in [3.8, 4) is 23.0 Å². The molecule has 0 fully saturated rings. The van der Waals surface area contributed by atoms with E-state index in [1.54, 1.807) is 24.3 Å². The van der Waals surface area contributed by atoms with Gasteiger partial charge in [-0.05, 0) is 31.2 Å². The van der Waals surface area contributed by atoms with Gasteiger partial charge in [0, 0.05) is 6.07 Å². The summed E-state index contributed by atoms with van der Waals surface area (Å²) in [5, 5.41) is 2.76. The molecule has 2 aromatic rings. The third kappa shape index (κ3) is 4.63. The summed E-state index contributed by atoms with van der Waals surface area (Å²) in [6.07, 6.45) is 0.676. The molecule has 166 valence electrons. The highest BCUT2D eigenvalue weighted by atomic mass is 32.2. The molecule has 0 bridgehead atoms. The summed E-state index contributed by atoms with van der Waals surface area (Å²) in [5.41, 5.74) is 0.320. The van der Waals surface area contributed by atoms with Gasteiger partial charge >= 0.3 is 0 Å². The minimum absolute atomic E-state index is 0.177. The fourth-order valence-corrected chi connectivity index (χ4v) is 4.67. The van der Waals surface area contributed by atoms with E-state index in [0.29, 0.717) is 41.9 Å². The number of sulfonamides is 1. The second kappa shape index (κ2) is 8.54. The van der Waals surface area contributed by atoms with Crippen molar-refractivity contribution in [1.29, 1.82) is 0 Å². The van der Waals surface area contributed by atoms with E-state index in [1.807, 2.05) is 18.2 Å². The van der Waals surface area contributed by atoms with Crippen LogP contribution in [0.4, 0.5) is 5.69 Å². The second-order valence-electron chi connectivity index (χ2n) is 7.31. The Labute approximate surface area is 180 Å². The zero-order chi connectivity index (χ0) is 22.0. The van der Waals surface area contributed by atoms with Crippen LogP contribution in [0.15, 0.2) is 42.5 Å². The number of amides is 1. The molecule has 0 aromatic heterocycles. The number of benzene rings is 2. The van der Waals surface area contributed by atoms with Crippen LogP contribution in [-0.4, -0.2) is 59.1 Å². The summed E-state index contributed by atoms with van der Waals surface area (Å²) < 4.78 is 48.6. The molecule has 0 saturated heterocycles. The molecule has 0 saturated carbocycles. The number of ether oxygens (including phenoxy) is 4. The van der Waals surface area contributed by atoms with Gasteiger partial charge in [-0.25, -0.2) is 8.42 Å². The minimum atomic E-state index is -3.75. The fourth-order valence-electron chi connectivity index (χ4n) is 3.50. The first-order valence-corrected chi connectivity index (χ1v) is 11.7. The first-order chi connectivity index (χ1) is 14.8. The van der Waals surface area contributed by atoms with E-state index in [1.165, 1.54) is 6.92 Å². The number of hydrogen-bond donors (Lipinski definition) is 1. The monoisotopic (exact) mass is 448 g/mol. The number of hydrogen-bond acceptors (Lipinski definition) is 7. The predicted octanol–water partition coefficient (Wildman–Crippen LogP) is 1.57. The third-order valence-corrected chi connectivity index (χ3v) is 6.18. The van der Waals surface area contributed by atoms with Crippen LogP contribution >= 0.6 is 0 Å². The Bertz CT molecular complexity index is 1070. The molecule has 31 heavy (non-hydrogen) atoms. The van der Waals surface area contributed by atoms with E-state index in [9.17, 15) is 13.2 Å². The topological polar surface area (TPSA) is 103 Å². The van der Waals surface area contributed by atoms with Crippen LogP contribution in [0.1, 0.15) is 6.92 Å². The average Bonchev–Trinajstić information content (AvgIpc) is 2.76. The molecule has 1 amide bonds. The van der Waals surface area contributed by atoms with Crippen molar-refractivity contribution in [2.24, 2.45) is 0 Å². The molecule has 2 heterocycles. The van der Waals surface area contributed by atoms with Gasteiger partial charge < -0.3 is 24.3 Å². The van der Waals surface area contributed by atoms with Crippen molar-refractivity contribution in [2.45, 2.75) is 19.1 Å². The highest BCUT2D eigenvalue weighted by Crippen LogP contribution is 2.35. The molecule has 2 atom stereocenters. The average molecular weight is 448 g/mol. The lowest BCUT2D eigenvalue weighted by Crippen LogP contribution is -2.50. The smallest absolute Gasteiger partial charge is 0.243 e. The summed E-state index contributed by atoms with van der Waals surface area (Å²) >= 11 is 0. The summed E-state index contributed by atoms with van der Waals surface area (Å²) in [4.78, 5) is 12.8. The van der Waals surface area contributed by atoms with Gasteiger partial charge in [-0.2, -0.15) is 0 Å². The molecule has 9 nitrogen and oxygen atoms in total. The molecule has 2 aromatic carbocycles. The maximum absolute atomic E-state index is 12.8. The Hall–Kier alpha value is -3.14. The van der Waals surface area contributed by atoms with Crippen LogP contribution in [0.5, 0.6) is 23.0 Å². The number of nitrogens with one attached hydrogen (secondary N) is 1. The molecule has 0 unspecified atom stereocenters. The van der Waals surface area contributed by atoms with Gasteiger partial charge in [-0.1, -0.05) is 12.1 Å². The first-order valence-electron chi connectivity index (χ1n) is 9.88. The lowest BCUT2D eigenvalue weighted by molar-refractivity contribution is -0.122. The van der Waals surface area contributed by atoms with Crippen LogP contribution in [0, 0.1) is 0 Å². The van der Waals surface area contributed by atoms with E-state index in [2.05, 4.69) is 5.32 Å². The zero-order valence-corrected chi connectivity index (χ0v) is 18.1. The van der Waals surface area contributed by atoms with Crippen LogP contribution in [0.3, 0.4) is 0 Å². The van der Waals surface area contributed by atoms with E-state index in [0.717, 1.165) is 10.6 Å². The Morgan fingerprint density at radius 3 is 2.48 bits per heavy atom. The number of nitrogens with zero attached hydrogens (tertiary/aromatic N) is 1. The molecule has 1 N–H and O–H groups in total. The Balaban J connectivity index is 1.45. The van der Waals surface area contributed by atoms with Crippen LogP contribution in [0.2, 0.25) is 0 Å². The van der Waals surface area contributed by atoms with Gasteiger partial charge in [0.25, 0.3) is 0 Å². The summed E-state index contributed by atoms with van der Waals surface area (Å²) in [7, 11) is -3.75. The largest absolute Gasteiger partial charge is 0.486 e. The van der Waals surface area contributed by atoms with Gasteiger partial charge in [0.15, 0.2) is 23.0 Å². The summed E-state index contributed by atoms with van der Waals surface area (Å²) in [5.74, 6) is 1.78. The summed E-state index contributed by atoms with van der Waals surface area (Å²) in [6, 6.07) is 11.1. The number of anilines is 1. The molecular weight excluding hydrogens is 424 g/mol. The molecule has 2 aliphatic heterocycles. The van der Waals surface area contributed by atoms with Gasteiger partial charge in [-0.3, -0.25) is 9.10 Å². The predicted molar refractivity (Wildman–Crippen MR) is 114 cm³/mol. The molecular formula is C21H24N2O7S. The van der Waals surface area contributed by atoms with E-state index < -0.39 is 22.0 Å². The van der Waals surface area contributed by atoms with Crippen molar-refractivity contribution in [3.63, 3.8) is 0 Å². The summed E-state index contributed by atoms with van der Waals surface area (Å²) in [6.45, 7) is 2.79. The normalized spacial score (nSPS) is 18.1. The Morgan fingerprint density at radius 1 is 1.06 bits per heavy atom. The standard InChI is InChI=1S/C21H24N2O7S/c1-14(21(24)22-12-16-13-29-17-5-3-4-6-19(17)30-16)23(31(2,25)26)15-7-8-18-20(11-15)28-10-9-27-18/h3-8,11,14,16H,9-10,12-13H2,1-2H3,(H,22,24)/t14-,16+/m1/s1. The van der Waals surface area contributed by atoms with Gasteiger partial charge in [0.2, 0.25) is 15.9 Å². The Morgan fingerprint density at radius 2 is 1.74 bits per heavy atom. The quantitative estimate of drug-likeness (QED) is 0.715. The number of carbonyl (C=O) groups excluding carboxylic acids is 1. The molecule has 0 spiro atoms. The number of carbonyl (C=O) groups is 1. The van der Waals surface area contributed by atoms with Gasteiger partial charge in [-0.15, -0.1) is 0 Å². The molecule has 10 heteroatoms. The van der Waals surface area contributed by atoms with Crippen molar-refractivity contribution in [2.75, 3.05) is 36.9 Å². The fraction of sp³-hybridized carbons (Fsp3) is 0.381. The first kappa shape index (κ1) is 21.1. The highest BCUT2D eigenvalue weighted by Gasteiger charge is 2.31. The zero-order valence-electron chi connectivity index (χ0n) is 17.2. The molecule has 4 rings (SSSR count). The van der Waals surface area contributed by atoms with Crippen molar-refractivity contribution >= 4 is 21.6 Å². The lowest BCUT2D eigenvalue weighted by atomic mass is 10.2. The second-order valence-corrected chi connectivity index (χ2v) is 9.16. The molecule has 2 aliphatic rings. The van der Waals surface area contributed by atoms with Gasteiger partial charge in [0.05, 0.1) is 18.5 Å². The Kier molecular flexibility index (Phi) is 5.81. The number of para-hydroxylation sites is 2. The number of rotatable bonds is 6. The van der Waals surface area contributed by atoms with E-state index in [-0.39, 0.29) is 19.3 Å². The number of fused-ring (bicyclic) bond motifs is 2. The van der Waals surface area contributed by atoms with Gasteiger partial charge in [0.1, 0.15) is 32.0 Å². The highest BCUT2D eigenvalue weighted by molar-refractivity contribution is 7.92. The third-order valence-electron chi connectivity index (χ3n) is 4.94. The van der Waals surface area contributed by atoms with Crippen LogP contribution in [-0.2, 0) is 14.8 Å². The van der Waals surface area contributed by atoms with Crippen molar-refractivity contribution in [3.05, 3.63) is 42.5 Å². The maximum atomic E-state index is 12.8. The van der Waals surface area contributed by atoms with E-state index >= 15 is 0 Å². The molecule has 0 radical (unpaired) electrons. The van der Waals surface area contributed by atoms with Crippen LogP contribution in [0.25, 0.3) is 0 Å². The van der Waals surface area contributed by atoms with Crippen molar-refractivity contribution < 1.29 is 32.2 Å². The SMILES string of the molecule is C[C@H](C(=O)NC[C@H]1COc2ccccc2O1)N(c1ccc2c(c1)OCCO2)S(C)(=O)=O. The minimum Gasteiger partial charge on any atom is -0.486 e. The van der Waals surface area contributed by atoms with Crippen molar-refractivity contribution in [1.82, 2.24) is 5.32 Å². The maximum Gasteiger partial charge on any atom is 0.243 e. The molecule has 0 aliphatic carbocycles. The van der Waals surface area contributed by atoms with E-state index in [4.69, 9.17) is 18.9 Å². The van der Waals surface area contributed by atoms with Crippen LogP contribution < -0.4 is 28.6 Å².